The average Bonchev–Trinajstić information content (AvgIpc) is 2.65. The third kappa shape index (κ3) is 4.22. The highest BCUT2D eigenvalue weighted by Gasteiger charge is 2.37. The van der Waals surface area contributed by atoms with Gasteiger partial charge in [0.15, 0.2) is 0 Å². The molecule has 0 atom stereocenters. The molecular formula is C20H22BrNO3. The van der Waals surface area contributed by atoms with E-state index in [1.54, 1.807) is 7.11 Å². The highest BCUT2D eigenvalue weighted by Crippen LogP contribution is 2.35. The van der Waals surface area contributed by atoms with Crippen LogP contribution in [0.3, 0.4) is 0 Å². The predicted molar refractivity (Wildman–Crippen MR) is 101 cm³/mol. The Labute approximate surface area is 156 Å². The van der Waals surface area contributed by atoms with Gasteiger partial charge in [-0.2, -0.15) is 0 Å². The maximum Gasteiger partial charge on any atom is 0.311 e. The first kappa shape index (κ1) is 18.0. The molecule has 0 amide bonds. The van der Waals surface area contributed by atoms with Crippen LogP contribution in [0.1, 0.15) is 24.0 Å². The summed E-state index contributed by atoms with van der Waals surface area (Å²) in [5, 5.41) is 3.34. The summed E-state index contributed by atoms with van der Waals surface area (Å²) in [6.45, 7) is 1.68. The molecule has 3 rings (SSSR count). The summed E-state index contributed by atoms with van der Waals surface area (Å²) in [5.74, 6) is 0.541. The van der Waals surface area contributed by atoms with Crippen molar-refractivity contribution in [1.29, 1.82) is 0 Å². The van der Waals surface area contributed by atoms with Gasteiger partial charge in [-0.1, -0.05) is 52.3 Å². The zero-order chi connectivity index (χ0) is 17.7. The number of methoxy groups -OCH3 is 1. The van der Waals surface area contributed by atoms with Crippen molar-refractivity contribution < 1.29 is 14.3 Å². The van der Waals surface area contributed by atoms with E-state index in [9.17, 15) is 4.79 Å². The average molecular weight is 404 g/mol. The van der Waals surface area contributed by atoms with Crippen molar-refractivity contribution in [2.75, 3.05) is 20.2 Å². The molecule has 0 saturated carbocycles. The minimum Gasteiger partial charge on any atom is -0.497 e. The van der Waals surface area contributed by atoms with Gasteiger partial charge in [0.05, 0.1) is 13.5 Å². The summed E-state index contributed by atoms with van der Waals surface area (Å²) < 4.78 is 12.1. The first-order valence-corrected chi connectivity index (χ1v) is 9.23. The van der Waals surface area contributed by atoms with Gasteiger partial charge in [-0.3, -0.25) is 4.79 Å². The molecule has 0 aliphatic carbocycles. The van der Waals surface area contributed by atoms with Crippen molar-refractivity contribution in [3.05, 3.63) is 64.1 Å². The van der Waals surface area contributed by atoms with Crippen molar-refractivity contribution in [2.24, 2.45) is 0 Å². The first-order valence-electron chi connectivity index (χ1n) is 8.43. The number of halogens is 1. The molecule has 0 aromatic heterocycles. The van der Waals surface area contributed by atoms with Crippen molar-refractivity contribution >= 4 is 21.9 Å². The summed E-state index contributed by atoms with van der Waals surface area (Å²) >= 11 is 3.50. The van der Waals surface area contributed by atoms with Gasteiger partial charge in [-0.05, 0) is 36.3 Å². The van der Waals surface area contributed by atoms with Crippen molar-refractivity contribution in [1.82, 2.24) is 5.32 Å². The standard InChI is InChI=1S/C20H22BrNO3/c1-24-17-8-7-15(18(21)14-17)13-19(23)25-20(9-11-22-12-10-20)16-5-3-2-4-6-16/h2-8,14,22H,9-13H2,1H3. The van der Waals surface area contributed by atoms with E-state index in [-0.39, 0.29) is 12.4 Å². The molecule has 1 aliphatic heterocycles. The molecule has 1 fully saturated rings. The van der Waals surface area contributed by atoms with Crippen LogP contribution in [0, 0.1) is 0 Å². The summed E-state index contributed by atoms with van der Waals surface area (Å²) in [4.78, 5) is 12.7. The van der Waals surface area contributed by atoms with E-state index in [0.29, 0.717) is 0 Å². The van der Waals surface area contributed by atoms with Crippen molar-refractivity contribution in [2.45, 2.75) is 24.9 Å². The molecule has 1 saturated heterocycles. The molecule has 132 valence electrons. The first-order chi connectivity index (χ1) is 12.1. The van der Waals surface area contributed by atoms with Crippen molar-refractivity contribution in [3.63, 3.8) is 0 Å². The Morgan fingerprint density at radius 1 is 1.16 bits per heavy atom. The molecule has 0 spiro atoms. The van der Waals surface area contributed by atoms with Crippen LogP contribution < -0.4 is 10.1 Å². The van der Waals surface area contributed by atoms with Crippen LogP contribution in [0.15, 0.2) is 53.0 Å². The molecule has 4 nitrogen and oxygen atoms in total. The molecule has 5 heteroatoms. The quantitative estimate of drug-likeness (QED) is 0.770. The van der Waals surface area contributed by atoms with Gasteiger partial charge in [-0.15, -0.1) is 0 Å². The molecule has 25 heavy (non-hydrogen) atoms. The summed E-state index contributed by atoms with van der Waals surface area (Å²) in [5.41, 5.74) is 1.42. The molecule has 1 N–H and O–H groups in total. The van der Waals surface area contributed by atoms with E-state index in [1.807, 2.05) is 48.5 Å². The number of hydrogen-bond donors (Lipinski definition) is 1. The lowest BCUT2D eigenvalue weighted by atomic mass is 9.84. The Hall–Kier alpha value is -1.85. The van der Waals surface area contributed by atoms with Crippen LogP contribution in [-0.2, 0) is 21.6 Å². The maximum atomic E-state index is 12.7. The van der Waals surface area contributed by atoms with Crippen LogP contribution in [0.25, 0.3) is 0 Å². The van der Waals surface area contributed by atoms with E-state index >= 15 is 0 Å². The molecule has 1 heterocycles. The van der Waals surface area contributed by atoms with E-state index in [1.165, 1.54) is 0 Å². The minimum atomic E-state index is -0.539. The molecular weight excluding hydrogens is 382 g/mol. The lowest BCUT2D eigenvalue weighted by Gasteiger charge is -2.37. The molecule has 2 aromatic rings. The van der Waals surface area contributed by atoms with Gasteiger partial charge < -0.3 is 14.8 Å². The number of carbonyl (C=O) groups is 1. The third-order valence-corrected chi connectivity index (χ3v) is 5.35. The number of ether oxygens (including phenoxy) is 2. The van der Waals surface area contributed by atoms with E-state index in [2.05, 4.69) is 21.2 Å². The number of esters is 1. The third-order valence-electron chi connectivity index (χ3n) is 4.62. The zero-order valence-electron chi connectivity index (χ0n) is 14.3. The zero-order valence-corrected chi connectivity index (χ0v) is 15.8. The van der Waals surface area contributed by atoms with E-state index in [4.69, 9.17) is 9.47 Å². The van der Waals surface area contributed by atoms with Gasteiger partial charge in [0, 0.05) is 17.3 Å². The lowest BCUT2D eigenvalue weighted by molar-refractivity contribution is -0.163. The Morgan fingerprint density at radius 3 is 2.52 bits per heavy atom. The lowest BCUT2D eigenvalue weighted by Crippen LogP contribution is -2.43. The fourth-order valence-corrected chi connectivity index (χ4v) is 3.73. The monoisotopic (exact) mass is 403 g/mol. The minimum absolute atomic E-state index is 0.211. The maximum absolute atomic E-state index is 12.7. The molecule has 0 bridgehead atoms. The van der Waals surface area contributed by atoms with Gasteiger partial charge in [0.2, 0.25) is 0 Å². The summed E-state index contributed by atoms with van der Waals surface area (Å²) in [7, 11) is 1.62. The molecule has 0 radical (unpaired) electrons. The van der Waals surface area contributed by atoms with Gasteiger partial charge in [-0.25, -0.2) is 0 Å². The highest BCUT2D eigenvalue weighted by atomic mass is 79.9. The Morgan fingerprint density at radius 2 is 1.88 bits per heavy atom. The van der Waals surface area contributed by atoms with Crippen LogP contribution in [0.2, 0.25) is 0 Å². The SMILES string of the molecule is COc1ccc(CC(=O)OC2(c3ccccc3)CCNCC2)c(Br)c1. The Balaban J connectivity index is 1.77. The Kier molecular flexibility index (Phi) is 5.76. The molecule has 0 unspecified atom stereocenters. The molecule has 1 aliphatic rings. The topological polar surface area (TPSA) is 47.6 Å². The normalized spacial score (nSPS) is 16.2. The largest absolute Gasteiger partial charge is 0.497 e. The Bertz CT molecular complexity index is 727. The number of benzene rings is 2. The van der Waals surface area contributed by atoms with E-state index < -0.39 is 5.60 Å². The summed E-state index contributed by atoms with van der Waals surface area (Å²) in [6.07, 6.45) is 1.80. The number of carbonyl (C=O) groups excluding carboxylic acids is 1. The smallest absolute Gasteiger partial charge is 0.311 e. The fraction of sp³-hybridized carbons (Fsp3) is 0.350. The fourth-order valence-electron chi connectivity index (χ4n) is 3.23. The number of rotatable bonds is 5. The van der Waals surface area contributed by atoms with Crippen LogP contribution in [0.4, 0.5) is 0 Å². The highest BCUT2D eigenvalue weighted by molar-refractivity contribution is 9.10. The van der Waals surface area contributed by atoms with Crippen LogP contribution in [-0.4, -0.2) is 26.2 Å². The second kappa shape index (κ2) is 8.02. The van der Waals surface area contributed by atoms with Gasteiger partial charge in [0.1, 0.15) is 11.4 Å². The number of hydrogen-bond acceptors (Lipinski definition) is 4. The van der Waals surface area contributed by atoms with Crippen LogP contribution >= 0.6 is 15.9 Å². The van der Waals surface area contributed by atoms with Gasteiger partial charge in [0.25, 0.3) is 0 Å². The summed E-state index contributed by atoms with van der Waals surface area (Å²) in [6, 6.07) is 15.7. The van der Waals surface area contributed by atoms with Gasteiger partial charge >= 0.3 is 5.97 Å². The number of nitrogens with one attached hydrogen (secondary N) is 1. The second-order valence-corrected chi connectivity index (χ2v) is 7.07. The van der Waals surface area contributed by atoms with E-state index in [0.717, 1.165) is 47.3 Å². The predicted octanol–water partition coefficient (Wildman–Crippen LogP) is 3.82. The second-order valence-electron chi connectivity index (χ2n) is 6.22. The van der Waals surface area contributed by atoms with Crippen LogP contribution in [0.5, 0.6) is 5.75 Å². The number of piperidine rings is 1. The van der Waals surface area contributed by atoms with Crippen molar-refractivity contribution in [3.8, 4) is 5.75 Å². The molecule has 2 aromatic carbocycles.